The summed E-state index contributed by atoms with van der Waals surface area (Å²) in [5, 5.41) is 0. The van der Waals surface area contributed by atoms with E-state index in [1.807, 2.05) is 0 Å². The molecule has 0 saturated carbocycles. The second kappa shape index (κ2) is 7.02. The van der Waals surface area contributed by atoms with E-state index in [9.17, 15) is 13.2 Å². The number of aromatic nitrogens is 2. The first kappa shape index (κ1) is 17.1. The van der Waals surface area contributed by atoms with Crippen molar-refractivity contribution in [3.63, 3.8) is 0 Å². The van der Waals surface area contributed by atoms with E-state index in [0.29, 0.717) is 38.7 Å². The van der Waals surface area contributed by atoms with Crippen LogP contribution in [0.15, 0.2) is 18.5 Å². The molecule has 1 amide bonds. The molecule has 24 heavy (non-hydrogen) atoms. The molecule has 0 unspecified atom stereocenters. The van der Waals surface area contributed by atoms with Crippen molar-refractivity contribution in [2.45, 2.75) is 12.8 Å². The maximum Gasteiger partial charge on any atom is 0.227 e. The van der Waals surface area contributed by atoms with E-state index in [0.717, 1.165) is 19.4 Å². The average Bonchev–Trinajstić information content (AvgIpc) is 2.61. The van der Waals surface area contributed by atoms with Crippen LogP contribution in [0.1, 0.15) is 12.8 Å². The van der Waals surface area contributed by atoms with Gasteiger partial charge in [-0.1, -0.05) is 0 Å². The topological polar surface area (TPSA) is 86.7 Å². The number of rotatable bonds is 3. The summed E-state index contributed by atoms with van der Waals surface area (Å²) < 4.78 is 24.6. The highest BCUT2D eigenvalue weighted by Crippen LogP contribution is 2.22. The Labute approximate surface area is 142 Å². The van der Waals surface area contributed by atoms with E-state index in [4.69, 9.17) is 0 Å². The Morgan fingerprint density at radius 1 is 1.12 bits per heavy atom. The van der Waals surface area contributed by atoms with Crippen molar-refractivity contribution >= 4 is 21.9 Å². The number of hydrogen-bond acceptors (Lipinski definition) is 6. The first-order valence-electron chi connectivity index (χ1n) is 8.21. The third kappa shape index (κ3) is 3.84. The van der Waals surface area contributed by atoms with Crippen molar-refractivity contribution in [2.75, 3.05) is 50.4 Å². The van der Waals surface area contributed by atoms with Gasteiger partial charge in [-0.15, -0.1) is 0 Å². The zero-order valence-corrected chi connectivity index (χ0v) is 14.7. The summed E-state index contributed by atoms with van der Waals surface area (Å²) in [5.41, 5.74) is 0. The molecule has 1 aromatic heterocycles. The molecule has 1 aromatic rings. The van der Waals surface area contributed by atoms with Gasteiger partial charge in [0.15, 0.2) is 0 Å². The fourth-order valence-corrected chi connectivity index (χ4v) is 4.14. The monoisotopic (exact) mass is 353 g/mol. The third-order valence-electron chi connectivity index (χ3n) is 4.62. The average molecular weight is 353 g/mol. The van der Waals surface area contributed by atoms with Gasteiger partial charge in [-0.05, 0) is 18.9 Å². The second-order valence-corrected chi connectivity index (χ2v) is 8.30. The van der Waals surface area contributed by atoms with Gasteiger partial charge in [0.2, 0.25) is 21.9 Å². The molecular formula is C15H23N5O3S. The van der Waals surface area contributed by atoms with Gasteiger partial charge in [-0.3, -0.25) is 4.79 Å². The Balaban J connectivity index is 1.59. The minimum Gasteiger partial charge on any atom is -0.340 e. The van der Waals surface area contributed by atoms with Crippen LogP contribution in [0.2, 0.25) is 0 Å². The SMILES string of the molecule is CS(=O)(=O)N1CCN(C(=O)[C@H]2CCCN(c3ncccn3)C2)CC1. The fourth-order valence-electron chi connectivity index (χ4n) is 3.31. The third-order valence-corrected chi connectivity index (χ3v) is 5.93. The molecule has 0 bridgehead atoms. The molecule has 2 saturated heterocycles. The molecular weight excluding hydrogens is 330 g/mol. The zero-order valence-electron chi connectivity index (χ0n) is 13.8. The summed E-state index contributed by atoms with van der Waals surface area (Å²) in [6.45, 7) is 3.16. The lowest BCUT2D eigenvalue weighted by Gasteiger charge is -2.38. The molecule has 0 radical (unpaired) electrons. The lowest BCUT2D eigenvalue weighted by atomic mass is 9.96. The van der Waals surface area contributed by atoms with Crippen LogP contribution in [0.25, 0.3) is 0 Å². The van der Waals surface area contributed by atoms with Crippen molar-refractivity contribution in [1.82, 2.24) is 19.2 Å². The van der Waals surface area contributed by atoms with Crippen molar-refractivity contribution < 1.29 is 13.2 Å². The molecule has 3 heterocycles. The van der Waals surface area contributed by atoms with Gasteiger partial charge in [0.1, 0.15) is 0 Å². The van der Waals surface area contributed by atoms with Gasteiger partial charge in [-0.25, -0.2) is 18.4 Å². The largest absolute Gasteiger partial charge is 0.340 e. The van der Waals surface area contributed by atoms with Crippen molar-refractivity contribution in [2.24, 2.45) is 5.92 Å². The highest BCUT2D eigenvalue weighted by Gasteiger charge is 2.33. The maximum absolute atomic E-state index is 12.8. The lowest BCUT2D eigenvalue weighted by Crippen LogP contribution is -2.53. The fraction of sp³-hybridized carbons (Fsp3) is 0.667. The number of anilines is 1. The van der Waals surface area contributed by atoms with Gasteiger partial charge < -0.3 is 9.80 Å². The molecule has 0 aliphatic carbocycles. The first-order chi connectivity index (χ1) is 11.4. The normalized spacial score (nSPS) is 23.3. The number of piperazine rings is 1. The van der Waals surface area contributed by atoms with Gasteiger partial charge in [0.05, 0.1) is 12.2 Å². The van der Waals surface area contributed by atoms with Gasteiger partial charge in [0.25, 0.3) is 0 Å². The minimum atomic E-state index is -3.17. The standard InChI is InChI=1S/C15H23N5O3S/c1-24(22,23)20-10-8-18(9-11-20)14(21)13-4-2-7-19(12-13)15-16-5-3-6-17-15/h3,5-6,13H,2,4,7-12H2,1H3/t13-/m0/s1. The van der Waals surface area contributed by atoms with Crippen LogP contribution in [0.5, 0.6) is 0 Å². The van der Waals surface area contributed by atoms with Gasteiger partial charge in [0, 0.05) is 51.7 Å². The summed E-state index contributed by atoms with van der Waals surface area (Å²) >= 11 is 0. The summed E-state index contributed by atoms with van der Waals surface area (Å²) in [6.07, 6.45) is 6.41. The van der Waals surface area contributed by atoms with Crippen LogP contribution < -0.4 is 4.90 Å². The van der Waals surface area contributed by atoms with E-state index >= 15 is 0 Å². The van der Waals surface area contributed by atoms with E-state index in [2.05, 4.69) is 14.9 Å². The number of nitrogens with zero attached hydrogens (tertiary/aromatic N) is 5. The van der Waals surface area contributed by atoms with Crippen LogP contribution in [0.3, 0.4) is 0 Å². The molecule has 132 valence electrons. The Hall–Kier alpha value is -1.74. The number of hydrogen-bond donors (Lipinski definition) is 0. The molecule has 0 spiro atoms. The highest BCUT2D eigenvalue weighted by atomic mass is 32.2. The van der Waals surface area contributed by atoms with Crippen molar-refractivity contribution in [1.29, 1.82) is 0 Å². The molecule has 2 aliphatic rings. The molecule has 0 aromatic carbocycles. The lowest BCUT2D eigenvalue weighted by molar-refractivity contribution is -0.137. The Morgan fingerprint density at radius 2 is 1.79 bits per heavy atom. The number of amides is 1. The van der Waals surface area contributed by atoms with Crippen molar-refractivity contribution in [3.8, 4) is 0 Å². The number of carbonyl (C=O) groups excluding carboxylic acids is 1. The number of carbonyl (C=O) groups is 1. The molecule has 8 nitrogen and oxygen atoms in total. The zero-order chi connectivity index (χ0) is 17.2. The molecule has 9 heteroatoms. The maximum atomic E-state index is 12.8. The Bertz CT molecular complexity index is 674. The first-order valence-corrected chi connectivity index (χ1v) is 10.1. The predicted octanol–water partition coefficient (Wildman–Crippen LogP) is -0.203. The number of piperidine rings is 1. The predicted molar refractivity (Wildman–Crippen MR) is 90.0 cm³/mol. The van der Waals surface area contributed by atoms with Crippen molar-refractivity contribution in [3.05, 3.63) is 18.5 Å². The van der Waals surface area contributed by atoms with E-state index in [-0.39, 0.29) is 11.8 Å². The Kier molecular flexibility index (Phi) is 5.00. The van der Waals surface area contributed by atoms with E-state index < -0.39 is 10.0 Å². The molecule has 2 fully saturated rings. The molecule has 0 N–H and O–H groups in total. The smallest absolute Gasteiger partial charge is 0.227 e. The summed E-state index contributed by atoms with van der Waals surface area (Å²) in [7, 11) is -3.17. The summed E-state index contributed by atoms with van der Waals surface area (Å²) in [4.78, 5) is 25.1. The van der Waals surface area contributed by atoms with E-state index in [1.165, 1.54) is 10.6 Å². The minimum absolute atomic E-state index is 0.0765. The van der Waals surface area contributed by atoms with Crippen LogP contribution >= 0.6 is 0 Å². The summed E-state index contributed by atoms with van der Waals surface area (Å²) in [6, 6.07) is 1.78. The van der Waals surface area contributed by atoms with Gasteiger partial charge >= 0.3 is 0 Å². The van der Waals surface area contributed by atoms with Crippen LogP contribution in [-0.2, 0) is 14.8 Å². The Morgan fingerprint density at radius 3 is 2.42 bits per heavy atom. The van der Waals surface area contributed by atoms with Gasteiger partial charge in [-0.2, -0.15) is 4.31 Å². The molecule has 2 aliphatic heterocycles. The number of sulfonamides is 1. The quantitative estimate of drug-likeness (QED) is 0.748. The highest BCUT2D eigenvalue weighted by molar-refractivity contribution is 7.88. The second-order valence-electron chi connectivity index (χ2n) is 6.32. The van der Waals surface area contributed by atoms with E-state index in [1.54, 1.807) is 23.4 Å². The summed E-state index contributed by atoms with van der Waals surface area (Å²) in [5.74, 6) is 0.702. The molecule has 1 atom stereocenters. The van der Waals surface area contributed by atoms with Crippen LogP contribution in [0.4, 0.5) is 5.95 Å². The van der Waals surface area contributed by atoms with Crippen LogP contribution in [-0.4, -0.2) is 79.0 Å². The van der Waals surface area contributed by atoms with Crippen LogP contribution in [0, 0.1) is 5.92 Å². The molecule has 3 rings (SSSR count).